The van der Waals surface area contributed by atoms with E-state index in [1.165, 1.54) is 10.9 Å². The first-order valence-electron chi connectivity index (χ1n) is 17.3. The van der Waals surface area contributed by atoms with Crippen LogP contribution in [0.2, 0.25) is 0 Å². The maximum atomic E-state index is 8.51. The molecule has 7 aromatic rings. The molecule has 0 aliphatic carbocycles. The Morgan fingerprint density at radius 1 is 0.674 bits per heavy atom. The van der Waals surface area contributed by atoms with Crippen LogP contribution in [0.25, 0.3) is 49.7 Å². The fourth-order valence-electron chi connectivity index (χ4n) is 5.51. The molecule has 0 bridgehead atoms. The summed E-state index contributed by atoms with van der Waals surface area (Å²) in [6.07, 6.45) is 2.57. The van der Waals surface area contributed by atoms with E-state index in [4.69, 9.17) is 5.48 Å². The molecule has 7 rings (SSSR count). The van der Waals surface area contributed by atoms with E-state index in [-0.39, 0.29) is 20.1 Å². The van der Waals surface area contributed by atoms with E-state index in [1.54, 1.807) is 18.5 Å². The Balaban J connectivity index is 0.000000211. The van der Waals surface area contributed by atoms with E-state index in [0.29, 0.717) is 11.1 Å². The minimum atomic E-state index is -1.46. The summed E-state index contributed by atoms with van der Waals surface area (Å²) in [6, 6.07) is 38.1. The number of para-hydroxylation sites is 1. The molecule has 0 aliphatic rings. The van der Waals surface area contributed by atoms with Gasteiger partial charge in [-0.25, -0.2) is 0 Å². The molecule has 0 N–H and O–H groups in total. The van der Waals surface area contributed by atoms with Gasteiger partial charge in [-0.05, 0) is 64.1 Å². The number of aromatic nitrogens is 3. The Bertz CT molecular complexity index is 2250. The Labute approximate surface area is 292 Å². The molecule has 4 heterocycles. The van der Waals surface area contributed by atoms with E-state index < -0.39 is 23.6 Å². The topological polar surface area (TPSA) is 30.2 Å². The van der Waals surface area contributed by atoms with Crippen molar-refractivity contribution >= 4 is 27.2 Å². The summed E-state index contributed by atoms with van der Waals surface area (Å²) in [4.78, 5) is 8.97. The van der Waals surface area contributed by atoms with Crippen molar-refractivity contribution in [2.45, 2.75) is 54.3 Å². The van der Waals surface area contributed by atoms with Crippen LogP contribution in [-0.2, 0) is 32.9 Å². The molecule has 0 amide bonds. The van der Waals surface area contributed by atoms with Gasteiger partial charge in [0.1, 0.15) is 0 Å². The molecule has 0 fully saturated rings. The zero-order chi connectivity index (χ0) is 35.2. The van der Waals surface area contributed by atoms with Crippen LogP contribution in [0.15, 0.2) is 116 Å². The second kappa shape index (κ2) is 13.7. The van der Waals surface area contributed by atoms with Gasteiger partial charge in [-0.2, -0.15) is 0 Å². The minimum absolute atomic E-state index is 0. The average Bonchev–Trinajstić information content (AvgIpc) is 3.47. The summed E-state index contributed by atoms with van der Waals surface area (Å²) < 4.78 is 35.8. The largest absolute Gasteiger partial charge is 0.325 e. The van der Waals surface area contributed by atoms with Crippen molar-refractivity contribution in [2.75, 3.05) is 0 Å². The molecule has 4 aromatic heterocycles. The molecule has 0 unspecified atom stereocenters. The summed E-state index contributed by atoms with van der Waals surface area (Å²) in [5.74, 6) is 0. The Hall–Kier alpha value is -4.11. The van der Waals surface area contributed by atoms with E-state index in [9.17, 15) is 0 Å². The van der Waals surface area contributed by atoms with Gasteiger partial charge < -0.3 is 14.4 Å². The molecule has 0 saturated carbocycles. The van der Waals surface area contributed by atoms with Crippen molar-refractivity contribution in [1.29, 1.82) is 0 Å². The van der Waals surface area contributed by atoms with Crippen LogP contribution in [0.4, 0.5) is 0 Å². The zero-order valence-corrected chi connectivity index (χ0v) is 29.5. The normalized spacial score (nSPS) is 13.6. The molecule has 4 heteroatoms. The van der Waals surface area contributed by atoms with E-state index in [0.717, 1.165) is 38.8 Å². The summed E-state index contributed by atoms with van der Waals surface area (Å²) in [7, 11) is 0. The van der Waals surface area contributed by atoms with Gasteiger partial charge in [0, 0.05) is 49.7 Å². The van der Waals surface area contributed by atoms with Crippen LogP contribution in [0.3, 0.4) is 0 Å². The van der Waals surface area contributed by atoms with Gasteiger partial charge in [-0.3, -0.25) is 0 Å². The monoisotopic (exact) mass is 784 g/mol. The van der Waals surface area contributed by atoms with Crippen LogP contribution < -0.4 is 0 Å². The SMILES string of the molecule is [2H]C([2H])(c1ccc(-c2[c-]ccc3ccn4c5ccccc5cc4c23)nc1)C(C)(C)C.[2H]C([2H])(c1ccnc(-c2[c-]cccc2)c1)C(C)(C)C.[Ir]. The molecule has 3 aromatic carbocycles. The molecule has 235 valence electrons. The predicted molar refractivity (Wildman–Crippen MR) is 189 cm³/mol. The fraction of sp³-hybridized carbons (Fsp3) is 0.238. The van der Waals surface area contributed by atoms with Crippen LogP contribution in [-0.4, -0.2) is 14.4 Å². The van der Waals surface area contributed by atoms with Crippen LogP contribution >= 0.6 is 0 Å². The molecule has 0 saturated heterocycles. The number of fused-ring (bicyclic) bond motifs is 5. The second-order valence-electron chi connectivity index (χ2n) is 13.3. The number of hydrogen-bond donors (Lipinski definition) is 0. The first-order valence-corrected chi connectivity index (χ1v) is 15.3. The molecule has 46 heavy (non-hydrogen) atoms. The Morgan fingerprint density at radius 2 is 1.43 bits per heavy atom. The van der Waals surface area contributed by atoms with Crippen molar-refractivity contribution in [2.24, 2.45) is 10.8 Å². The van der Waals surface area contributed by atoms with Crippen molar-refractivity contribution in [3.8, 4) is 22.5 Å². The Kier molecular flexibility index (Phi) is 8.39. The van der Waals surface area contributed by atoms with Crippen molar-refractivity contribution in [3.05, 3.63) is 139 Å². The summed E-state index contributed by atoms with van der Waals surface area (Å²) >= 11 is 0. The van der Waals surface area contributed by atoms with Crippen molar-refractivity contribution < 1.29 is 25.6 Å². The number of hydrogen-bond acceptors (Lipinski definition) is 2. The van der Waals surface area contributed by atoms with Gasteiger partial charge in [0.15, 0.2) is 0 Å². The fourth-order valence-corrected chi connectivity index (χ4v) is 5.51. The van der Waals surface area contributed by atoms with Crippen LogP contribution in [0.1, 0.15) is 58.2 Å². The third kappa shape index (κ3) is 7.81. The van der Waals surface area contributed by atoms with Gasteiger partial charge in [0.25, 0.3) is 0 Å². The molecule has 1 radical (unpaired) electrons. The molecule has 0 spiro atoms. The first kappa shape index (κ1) is 28.1. The predicted octanol–water partition coefficient (Wildman–Crippen LogP) is 10.8. The van der Waals surface area contributed by atoms with Gasteiger partial charge in [-0.1, -0.05) is 100 Å². The van der Waals surface area contributed by atoms with Crippen molar-refractivity contribution in [3.63, 3.8) is 0 Å². The van der Waals surface area contributed by atoms with Gasteiger partial charge in [0.2, 0.25) is 0 Å². The molecular weight excluding hydrogens is 739 g/mol. The van der Waals surface area contributed by atoms with Gasteiger partial charge >= 0.3 is 0 Å². The molecule has 0 aliphatic heterocycles. The summed E-state index contributed by atoms with van der Waals surface area (Å²) in [5.41, 5.74) is 5.94. The molecule has 0 atom stereocenters. The first-order chi connectivity index (χ1) is 23.1. The third-order valence-corrected chi connectivity index (χ3v) is 7.24. The number of benzene rings is 3. The van der Waals surface area contributed by atoms with Gasteiger partial charge in [-0.15, -0.1) is 59.7 Å². The standard InChI is InChI=1S/C26H23N2.C16H18N.Ir/c1-26(2,3)16-18-11-12-22(27-17-18)21-9-6-8-19-13-14-28-23-10-5-4-7-20(23)15-24(28)25(19)21;1-16(2,3)12-13-9-10-17-15(11-13)14-7-5-4-6-8-14;/h4-8,10-15,17H,16H2,1-3H3;4-7,9-11H,12H2,1-3H3;/q2*-1;/i16D2;12D2;. The molecule has 3 nitrogen and oxygen atoms in total. The van der Waals surface area contributed by atoms with Gasteiger partial charge in [0.05, 0.1) is 5.52 Å². The van der Waals surface area contributed by atoms with Crippen molar-refractivity contribution in [1.82, 2.24) is 14.4 Å². The number of nitrogens with zero attached hydrogens (tertiary/aromatic N) is 3. The second-order valence-corrected chi connectivity index (χ2v) is 13.3. The van der Waals surface area contributed by atoms with E-state index >= 15 is 0 Å². The minimum Gasteiger partial charge on any atom is -0.325 e. The van der Waals surface area contributed by atoms with Crippen LogP contribution in [0.5, 0.6) is 0 Å². The molecular formula is C42H41IrN3-2. The maximum Gasteiger partial charge on any atom is 0.0520 e. The average molecular weight is 784 g/mol. The van der Waals surface area contributed by atoms with E-state index in [2.05, 4.69) is 75.2 Å². The third-order valence-electron chi connectivity index (χ3n) is 7.24. The summed E-state index contributed by atoms with van der Waals surface area (Å²) in [5, 5.41) is 3.44. The quantitative estimate of drug-likeness (QED) is 0.166. The number of rotatable bonds is 4. The Morgan fingerprint density at radius 3 is 2.15 bits per heavy atom. The van der Waals surface area contributed by atoms with E-state index in [1.807, 2.05) is 90.1 Å². The van der Waals surface area contributed by atoms with Crippen LogP contribution in [0, 0.1) is 23.0 Å². The maximum absolute atomic E-state index is 8.51. The number of pyridine rings is 3. The zero-order valence-electron chi connectivity index (χ0n) is 31.1. The smallest absolute Gasteiger partial charge is 0.0520 e. The summed E-state index contributed by atoms with van der Waals surface area (Å²) in [6.45, 7) is 11.4.